The fourth-order valence-electron chi connectivity index (χ4n) is 4.48. The molecule has 1 aliphatic rings. The first-order valence-corrected chi connectivity index (χ1v) is 13.4. The van der Waals surface area contributed by atoms with Gasteiger partial charge in [-0.2, -0.15) is 0 Å². The lowest BCUT2D eigenvalue weighted by molar-refractivity contribution is -0.120. The van der Waals surface area contributed by atoms with Gasteiger partial charge in [0.25, 0.3) is 0 Å². The van der Waals surface area contributed by atoms with Crippen molar-refractivity contribution in [1.29, 1.82) is 0 Å². The molecule has 1 unspecified atom stereocenters. The molecule has 0 radical (unpaired) electrons. The normalized spacial score (nSPS) is 14.9. The Balaban J connectivity index is 1.48. The molecule has 0 spiro atoms. The Morgan fingerprint density at radius 1 is 1.09 bits per heavy atom. The molecule has 1 saturated carbocycles. The van der Waals surface area contributed by atoms with E-state index in [0.29, 0.717) is 19.1 Å². The number of anilines is 1. The van der Waals surface area contributed by atoms with E-state index in [9.17, 15) is 4.79 Å². The first-order valence-electron chi connectivity index (χ1n) is 12.5. The molecule has 1 aliphatic carbocycles. The highest BCUT2D eigenvalue weighted by atomic mass is 32.2. The molecule has 0 saturated heterocycles. The van der Waals surface area contributed by atoms with Crippen LogP contribution in [0.25, 0.3) is 0 Å². The van der Waals surface area contributed by atoms with E-state index in [0.717, 1.165) is 47.2 Å². The van der Waals surface area contributed by atoms with Gasteiger partial charge < -0.3 is 19.9 Å². The zero-order valence-corrected chi connectivity index (χ0v) is 21.4. The lowest BCUT2D eigenvalue weighted by Crippen LogP contribution is -2.32. The minimum atomic E-state index is -0.218. The number of hydrogen-bond acceptors (Lipinski definition) is 6. The second-order valence-electron chi connectivity index (χ2n) is 8.86. The van der Waals surface area contributed by atoms with Crippen LogP contribution in [-0.4, -0.2) is 33.0 Å². The number of nitrogens with one attached hydrogen (secondary N) is 2. The van der Waals surface area contributed by atoms with Crippen LogP contribution < -0.4 is 15.4 Å². The van der Waals surface area contributed by atoms with Gasteiger partial charge in [0.15, 0.2) is 11.0 Å². The number of carbonyl (C=O) groups is 1. The van der Waals surface area contributed by atoms with Gasteiger partial charge in [0.1, 0.15) is 5.75 Å². The Morgan fingerprint density at radius 2 is 1.89 bits per heavy atom. The molecule has 2 N–H and O–H groups in total. The largest absolute Gasteiger partial charge is 0.497 e. The number of nitrogens with zero attached hydrogens (tertiary/aromatic N) is 3. The van der Waals surface area contributed by atoms with E-state index in [1.807, 2.05) is 61.5 Å². The lowest BCUT2D eigenvalue weighted by Gasteiger charge is -2.26. The van der Waals surface area contributed by atoms with Crippen LogP contribution in [0.4, 0.5) is 5.69 Å². The third-order valence-corrected chi connectivity index (χ3v) is 7.74. The summed E-state index contributed by atoms with van der Waals surface area (Å²) in [5, 5.41) is 16.3. The van der Waals surface area contributed by atoms with Crippen molar-refractivity contribution in [3.8, 4) is 5.75 Å². The predicted molar refractivity (Wildman–Crippen MR) is 141 cm³/mol. The summed E-state index contributed by atoms with van der Waals surface area (Å²) in [6, 6.07) is 18.3. The molecule has 1 atom stereocenters. The van der Waals surface area contributed by atoms with Gasteiger partial charge in [0.2, 0.25) is 5.91 Å². The number of thioether (sulfide) groups is 1. The third kappa shape index (κ3) is 6.78. The SMILES string of the molecule is CCC(Sc1nnc(CNc2cccc(OC)c2)n1C1CCCCC1)C(=O)NCc1ccccc1. The number of methoxy groups -OCH3 is 1. The summed E-state index contributed by atoms with van der Waals surface area (Å²) in [4.78, 5) is 13.0. The van der Waals surface area contributed by atoms with Gasteiger partial charge in [-0.1, -0.05) is 74.3 Å². The van der Waals surface area contributed by atoms with Crippen LogP contribution in [0.3, 0.4) is 0 Å². The Morgan fingerprint density at radius 3 is 2.63 bits per heavy atom. The number of rotatable bonds is 11. The fraction of sp³-hybridized carbons (Fsp3) is 0.444. The van der Waals surface area contributed by atoms with Crippen LogP contribution in [0, 0.1) is 0 Å². The molecular formula is C27H35N5O2S. The lowest BCUT2D eigenvalue weighted by atomic mass is 9.95. The number of hydrogen-bond donors (Lipinski definition) is 2. The van der Waals surface area contributed by atoms with Crippen molar-refractivity contribution in [2.75, 3.05) is 12.4 Å². The molecule has 4 rings (SSSR count). The summed E-state index contributed by atoms with van der Waals surface area (Å²) >= 11 is 1.53. The number of ether oxygens (including phenoxy) is 1. The Kier molecular flexibility index (Phi) is 9.06. The van der Waals surface area contributed by atoms with E-state index < -0.39 is 0 Å². The predicted octanol–water partition coefficient (Wildman–Crippen LogP) is 5.59. The van der Waals surface area contributed by atoms with Gasteiger partial charge >= 0.3 is 0 Å². The number of benzene rings is 2. The van der Waals surface area contributed by atoms with Gasteiger partial charge in [0.05, 0.1) is 18.9 Å². The van der Waals surface area contributed by atoms with Crippen molar-refractivity contribution in [2.45, 2.75) is 75.0 Å². The Labute approximate surface area is 212 Å². The van der Waals surface area contributed by atoms with Crippen LogP contribution in [0.15, 0.2) is 59.8 Å². The van der Waals surface area contributed by atoms with E-state index in [2.05, 4.69) is 25.4 Å². The van der Waals surface area contributed by atoms with Gasteiger partial charge in [-0.15, -0.1) is 10.2 Å². The number of amides is 1. The maximum atomic E-state index is 13.0. The molecule has 35 heavy (non-hydrogen) atoms. The van der Waals surface area contributed by atoms with Crippen LogP contribution in [0.5, 0.6) is 5.75 Å². The molecule has 2 aromatic carbocycles. The molecular weight excluding hydrogens is 458 g/mol. The molecule has 7 nitrogen and oxygen atoms in total. The van der Waals surface area contributed by atoms with Gasteiger partial charge in [-0.3, -0.25) is 4.79 Å². The second kappa shape index (κ2) is 12.6. The molecule has 186 valence electrons. The summed E-state index contributed by atoms with van der Waals surface area (Å²) in [5.41, 5.74) is 2.07. The zero-order valence-electron chi connectivity index (χ0n) is 20.6. The summed E-state index contributed by atoms with van der Waals surface area (Å²) in [7, 11) is 1.67. The van der Waals surface area contributed by atoms with E-state index in [-0.39, 0.29) is 11.2 Å². The average Bonchev–Trinajstić information content (AvgIpc) is 3.32. The van der Waals surface area contributed by atoms with Crippen LogP contribution in [-0.2, 0) is 17.9 Å². The van der Waals surface area contributed by atoms with Gasteiger partial charge in [-0.05, 0) is 37.0 Å². The van der Waals surface area contributed by atoms with Crippen LogP contribution >= 0.6 is 11.8 Å². The third-order valence-electron chi connectivity index (χ3n) is 6.42. The smallest absolute Gasteiger partial charge is 0.233 e. The fourth-order valence-corrected chi connectivity index (χ4v) is 5.54. The summed E-state index contributed by atoms with van der Waals surface area (Å²) < 4.78 is 7.62. The standard InChI is InChI=1S/C27H35N5O2S/c1-3-24(26(33)29-18-20-11-6-4-7-12-20)35-27-31-30-25(32(27)22-14-8-5-9-15-22)19-28-21-13-10-16-23(17-21)34-2/h4,6-7,10-13,16-17,22,24,28H,3,5,8-9,14-15,18-19H2,1-2H3,(H,29,33). The number of aromatic nitrogens is 3. The molecule has 1 heterocycles. The van der Waals surface area contributed by atoms with Crippen molar-refractivity contribution < 1.29 is 9.53 Å². The minimum Gasteiger partial charge on any atom is -0.497 e. The van der Waals surface area contributed by atoms with E-state index in [1.165, 1.54) is 31.0 Å². The van der Waals surface area contributed by atoms with E-state index in [1.54, 1.807) is 7.11 Å². The quantitative estimate of drug-likeness (QED) is 0.339. The first kappa shape index (κ1) is 25.1. The van der Waals surface area contributed by atoms with Crippen molar-refractivity contribution in [3.63, 3.8) is 0 Å². The summed E-state index contributed by atoms with van der Waals surface area (Å²) in [6.07, 6.45) is 6.66. The minimum absolute atomic E-state index is 0.0376. The zero-order chi connectivity index (χ0) is 24.5. The molecule has 1 amide bonds. The molecule has 1 aromatic heterocycles. The molecule has 3 aromatic rings. The Bertz CT molecular complexity index is 1080. The van der Waals surface area contributed by atoms with E-state index >= 15 is 0 Å². The van der Waals surface area contributed by atoms with E-state index in [4.69, 9.17) is 4.74 Å². The molecule has 8 heteroatoms. The van der Waals surface area contributed by atoms with Crippen molar-refractivity contribution in [2.24, 2.45) is 0 Å². The second-order valence-corrected chi connectivity index (χ2v) is 10.0. The number of carbonyl (C=O) groups excluding carboxylic acids is 1. The van der Waals surface area contributed by atoms with Gasteiger partial charge in [0, 0.05) is 24.3 Å². The van der Waals surface area contributed by atoms with Crippen molar-refractivity contribution >= 4 is 23.4 Å². The highest BCUT2D eigenvalue weighted by molar-refractivity contribution is 8.00. The average molecular weight is 494 g/mol. The van der Waals surface area contributed by atoms with Crippen LogP contribution in [0.2, 0.25) is 0 Å². The van der Waals surface area contributed by atoms with Gasteiger partial charge in [-0.25, -0.2) is 0 Å². The highest BCUT2D eigenvalue weighted by Gasteiger charge is 2.27. The summed E-state index contributed by atoms with van der Waals surface area (Å²) in [5.74, 6) is 1.75. The maximum Gasteiger partial charge on any atom is 0.233 e. The first-order chi connectivity index (χ1) is 17.2. The van der Waals surface area contributed by atoms with Crippen LogP contribution in [0.1, 0.15) is 62.9 Å². The summed E-state index contributed by atoms with van der Waals surface area (Å²) in [6.45, 7) is 3.14. The highest BCUT2D eigenvalue weighted by Crippen LogP contribution is 2.34. The Hall–Kier alpha value is -3.00. The maximum absolute atomic E-state index is 13.0. The van der Waals surface area contributed by atoms with Crippen molar-refractivity contribution in [3.05, 3.63) is 66.0 Å². The van der Waals surface area contributed by atoms with Crippen molar-refractivity contribution in [1.82, 2.24) is 20.1 Å². The topological polar surface area (TPSA) is 81.1 Å². The molecule has 0 aliphatic heterocycles. The monoisotopic (exact) mass is 493 g/mol. The molecule has 0 bridgehead atoms. The molecule has 1 fully saturated rings.